The Labute approximate surface area is 299 Å². The maximum Gasteiger partial charge on any atom is 0.417 e. The Balaban J connectivity index is 2.04. The van der Waals surface area contributed by atoms with Crippen LogP contribution in [0.5, 0.6) is 0 Å². The lowest BCUT2D eigenvalue weighted by Crippen LogP contribution is -2.58. The minimum atomic E-state index is -4.51. The Morgan fingerprint density at radius 3 is 1.92 bits per heavy atom. The molecule has 0 spiro atoms. The summed E-state index contributed by atoms with van der Waals surface area (Å²) in [4.78, 5) is 67.7. The average molecular weight is 722 g/mol. The molecule has 0 radical (unpaired) electrons. The van der Waals surface area contributed by atoms with Gasteiger partial charge in [-0.05, 0) is 81.8 Å². The second-order valence-electron chi connectivity index (χ2n) is 12.0. The molecule has 0 fully saturated rings. The van der Waals surface area contributed by atoms with Crippen LogP contribution < -0.4 is 16.8 Å². The van der Waals surface area contributed by atoms with Crippen LogP contribution in [0.4, 0.5) is 4.79 Å². The number of nitrogens with two attached hydrogens (primary N) is 2. The number of amides is 4. The number of aldehydes is 1. The predicted molar refractivity (Wildman–Crippen MR) is 191 cm³/mol. The van der Waals surface area contributed by atoms with E-state index < -0.39 is 46.1 Å². The Bertz CT molecular complexity index is 1670. The highest BCUT2D eigenvalue weighted by atomic mass is 32.2. The second kappa shape index (κ2) is 20.7. The summed E-state index contributed by atoms with van der Waals surface area (Å²) < 4.78 is 33.4. The van der Waals surface area contributed by atoms with Crippen molar-refractivity contribution in [3.05, 3.63) is 102 Å². The number of imide groups is 1. The van der Waals surface area contributed by atoms with Crippen LogP contribution in [0.25, 0.3) is 0 Å². The molecular weight excluding hydrogens is 675 g/mol. The lowest BCUT2D eigenvalue weighted by atomic mass is 10.0. The summed E-state index contributed by atoms with van der Waals surface area (Å²) in [6.07, 6.45) is 0.953. The average Bonchev–Trinajstić information content (AvgIpc) is 3.13. The van der Waals surface area contributed by atoms with Gasteiger partial charge in [0, 0.05) is 6.42 Å². The van der Waals surface area contributed by atoms with E-state index in [9.17, 15) is 32.4 Å². The minimum Gasteiger partial charge on any atom is -0.444 e. The Kier molecular flexibility index (Phi) is 16.4. The molecule has 0 saturated heterocycles. The Morgan fingerprint density at radius 2 is 1.37 bits per heavy atom. The smallest absolute Gasteiger partial charge is 0.417 e. The van der Waals surface area contributed by atoms with E-state index in [1.54, 1.807) is 79.7 Å². The molecule has 14 heteroatoms. The first-order valence-corrected chi connectivity index (χ1v) is 18.3. The first-order valence-electron chi connectivity index (χ1n) is 16.9. The van der Waals surface area contributed by atoms with Gasteiger partial charge in [0.25, 0.3) is 15.9 Å². The molecule has 0 heterocycles. The predicted octanol–water partition coefficient (Wildman–Crippen LogP) is 3.23. The van der Waals surface area contributed by atoms with Crippen molar-refractivity contribution in [3.8, 4) is 0 Å². The molecule has 0 saturated carbocycles. The topological polar surface area (TPSA) is 199 Å². The number of carbonyl (C=O) groups excluding carboxylic acids is 5. The van der Waals surface area contributed by atoms with Crippen LogP contribution in [0.3, 0.4) is 0 Å². The fraction of sp³-hybridized carbons (Fsp3) is 0.378. The first-order chi connectivity index (χ1) is 24.6. The monoisotopic (exact) mass is 721 g/mol. The number of hydrogen-bond acceptors (Lipinski definition) is 10. The summed E-state index contributed by atoms with van der Waals surface area (Å²) in [5, 5.41) is 2.63. The standard InChI is InChI=1S/C37H47N5O8S/c1-28-18-20-32(21-19-28)51(48,49)41(27-44)34(17-9-11-23-39)35(45)40-33(24-29-12-4-2-5-13-29)36(46)42(31(25-43)16-8-10-22-38)37(47)50-26-30-14-6-3-7-15-30/h2-7,12-15,18-21,25,27,31,33-34H,8-11,16-17,22-24,26,38-39H2,1H3,(H,40,45)/t31-,33-,34+/m0/s1. The fourth-order valence-electron chi connectivity index (χ4n) is 5.40. The van der Waals surface area contributed by atoms with Crippen molar-refractivity contribution in [2.45, 2.75) is 81.5 Å². The summed E-state index contributed by atoms with van der Waals surface area (Å²) in [6.45, 7) is 2.17. The molecule has 3 rings (SSSR count). The third kappa shape index (κ3) is 11.8. The lowest BCUT2D eigenvalue weighted by molar-refractivity contribution is -0.139. The summed E-state index contributed by atoms with van der Waals surface area (Å²) >= 11 is 0. The number of rotatable bonds is 21. The van der Waals surface area contributed by atoms with Crippen molar-refractivity contribution in [3.63, 3.8) is 0 Å². The highest BCUT2D eigenvalue weighted by Crippen LogP contribution is 2.22. The van der Waals surface area contributed by atoms with E-state index in [1.165, 1.54) is 12.1 Å². The Morgan fingerprint density at radius 1 is 0.804 bits per heavy atom. The molecule has 0 aliphatic carbocycles. The molecule has 13 nitrogen and oxygen atoms in total. The number of aryl methyl sites for hydroxylation is 1. The van der Waals surface area contributed by atoms with Crippen LogP contribution in [0.15, 0.2) is 89.8 Å². The van der Waals surface area contributed by atoms with Crippen molar-refractivity contribution < 1.29 is 37.1 Å². The van der Waals surface area contributed by atoms with E-state index in [0.717, 1.165) is 5.56 Å². The number of unbranched alkanes of at least 4 members (excludes halogenated alkanes) is 2. The van der Waals surface area contributed by atoms with Crippen LogP contribution in [0.2, 0.25) is 0 Å². The van der Waals surface area contributed by atoms with E-state index in [1.807, 2.05) is 0 Å². The molecule has 4 amide bonds. The van der Waals surface area contributed by atoms with Crippen molar-refractivity contribution in [1.29, 1.82) is 0 Å². The summed E-state index contributed by atoms with van der Waals surface area (Å²) in [5.74, 6) is -1.90. The SMILES string of the molecule is Cc1ccc(S(=O)(=O)N(C=O)[C@H](CCCCN)C(=O)N[C@@H](Cc2ccccc2)C(=O)N(C(=O)OCc2ccccc2)[C@H](C=O)CCCCN)cc1. The van der Waals surface area contributed by atoms with Gasteiger partial charge in [-0.1, -0.05) is 78.4 Å². The molecule has 5 N–H and O–H groups in total. The molecule has 0 aromatic heterocycles. The van der Waals surface area contributed by atoms with E-state index in [4.69, 9.17) is 16.2 Å². The zero-order valence-electron chi connectivity index (χ0n) is 28.8. The van der Waals surface area contributed by atoms with Gasteiger partial charge in [0.2, 0.25) is 12.3 Å². The number of benzene rings is 3. The third-order valence-electron chi connectivity index (χ3n) is 8.22. The van der Waals surface area contributed by atoms with Crippen molar-refractivity contribution >= 4 is 40.6 Å². The first kappa shape index (κ1) is 40.5. The molecule has 0 aliphatic heterocycles. The molecule has 3 atom stereocenters. The molecule has 51 heavy (non-hydrogen) atoms. The molecular formula is C37H47N5O8S. The maximum atomic E-state index is 14.5. The van der Waals surface area contributed by atoms with E-state index in [2.05, 4.69) is 5.32 Å². The van der Waals surface area contributed by atoms with Crippen LogP contribution >= 0.6 is 0 Å². The molecule has 0 aliphatic rings. The molecule has 3 aromatic rings. The van der Waals surface area contributed by atoms with E-state index >= 15 is 0 Å². The van der Waals surface area contributed by atoms with Gasteiger partial charge in [-0.2, -0.15) is 0 Å². The fourth-order valence-corrected chi connectivity index (χ4v) is 6.78. The second-order valence-corrected chi connectivity index (χ2v) is 13.9. The van der Waals surface area contributed by atoms with Gasteiger partial charge in [0.15, 0.2) is 0 Å². The molecule has 274 valence electrons. The summed E-state index contributed by atoms with van der Waals surface area (Å²) in [5.41, 5.74) is 13.3. The van der Waals surface area contributed by atoms with Crippen molar-refractivity contribution in [2.24, 2.45) is 11.5 Å². The number of carbonyl (C=O) groups is 5. The summed E-state index contributed by atoms with van der Waals surface area (Å²) in [6, 6.07) is 18.9. The number of nitrogens with one attached hydrogen (secondary N) is 1. The summed E-state index contributed by atoms with van der Waals surface area (Å²) in [7, 11) is -4.51. The van der Waals surface area contributed by atoms with Gasteiger partial charge >= 0.3 is 6.09 Å². The molecule has 3 aromatic carbocycles. The third-order valence-corrected chi connectivity index (χ3v) is 9.98. The van der Waals surface area contributed by atoms with E-state index in [0.29, 0.717) is 52.4 Å². The quantitative estimate of drug-likeness (QED) is 0.108. The lowest BCUT2D eigenvalue weighted by Gasteiger charge is -2.32. The highest BCUT2D eigenvalue weighted by Gasteiger charge is 2.40. The Hall–Kier alpha value is -4.92. The van der Waals surface area contributed by atoms with Crippen LogP contribution in [0.1, 0.15) is 55.2 Å². The van der Waals surface area contributed by atoms with Crippen LogP contribution in [0, 0.1) is 6.92 Å². The minimum absolute atomic E-state index is 0.0724. The molecule has 0 unspecified atom stereocenters. The van der Waals surface area contributed by atoms with Gasteiger partial charge in [0.05, 0.1) is 10.9 Å². The van der Waals surface area contributed by atoms with Crippen molar-refractivity contribution in [1.82, 2.24) is 14.5 Å². The van der Waals surface area contributed by atoms with Crippen molar-refractivity contribution in [2.75, 3.05) is 13.1 Å². The maximum absolute atomic E-state index is 14.5. The van der Waals surface area contributed by atoms with Gasteiger partial charge < -0.3 is 26.3 Å². The zero-order chi connectivity index (χ0) is 37.2. The van der Waals surface area contributed by atoms with Crippen LogP contribution in [-0.2, 0) is 47.0 Å². The molecule has 0 bridgehead atoms. The van der Waals surface area contributed by atoms with Gasteiger partial charge in [-0.3, -0.25) is 14.4 Å². The highest BCUT2D eigenvalue weighted by molar-refractivity contribution is 7.89. The zero-order valence-corrected chi connectivity index (χ0v) is 29.6. The van der Waals surface area contributed by atoms with Gasteiger partial charge in [0.1, 0.15) is 25.0 Å². The normalized spacial score (nSPS) is 12.9. The number of sulfonamides is 1. The van der Waals surface area contributed by atoms with Gasteiger partial charge in [-0.15, -0.1) is 0 Å². The number of hydrogen-bond donors (Lipinski definition) is 3. The largest absolute Gasteiger partial charge is 0.444 e. The van der Waals surface area contributed by atoms with Gasteiger partial charge in [-0.25, -0.2) is 22.4 Å². The number of ether oxygens (including phenoxy) is 1. The van der Waals surface area contributed by atoms with Crippen LogP contribution in [-0.4, -0.2) is 79.4 Å². The number of nitrogens with zero attached hydrogens (tertiary/aromatic N) is 2. The van der Waals surface area contributed by atoms with E-state index in [-0.39, 0.29) is 50.1 Å².